The van der Waals surface area contributed by atoms with Gasteiger partial charge < -0.3 is 18.6 Å². The topological polar surface area (TPSA) is 32.8 Å². The molecule has 10 aromatic rings. The Hall–Kier alpha value is -6.78. The Bertz CT molecular complexity index is 3350. The lowest BCUT2D eigenvalue weighted by Gasteiger charge is -2.27. The summed E-state index contributed by atoms with van der Waals surface area (Å²) < 4.78 is 13.6. The maximum absolute atomic E-state index is 6.83. The van der Waals surface area contributed by atoms with Crippen LogP contribution in [0.1, 0.15) is 74.9 Å². The molecule has 0 aliphatic carbocycles. The van der Waals surface area contributed by atoms with E-state index in [1.54, 1.807) is 0 Å². The van der Waals surface area contributed by atoms with Gasteiger partial charge in [0.1, 0.15) is 11.2 Å². The summed E-state index contributed by atoms with van der Waals surface area (Å²) in [5, 5.41) is 6.49. The zero-order valence-electron chi connectivity index (χ0n) is 37.6. The lowest BCUT2D eigenvalue weighted by Crippen LogP contribution is -2.13. The molecular formula is C58H54N2O2. The number of aryl methyl sites for hydroxylation is 4. The SMILES string of the molecule is Cc1ccc(N(c2ccc(C(C)(C)C)cc2)c2ccc3cc4c(cc3c2)oc2c4ccc3c4ccc(N(c5ccc(C(C)(C)C)cc5)c5ccc(C)c(C)c5)cc4oc32)cc1C. The molecule has 8 aromatic carbocycles. The van der Waals surface area contributed by atoms with Crippen LogP contribution in [-0.4, -0.2) is 0 Å². The van der Waals surface area contributed by atoms with Crippen molar-refractivity contribution < 1.29 is 8.83 Å². The number of nitrogens with zero attached hydrogens (tertiary/aromatic N) is 2. The molecule has 4 nitrogen and oxygen atoms in total. The molecule has 2 heterocycles. The van der Waals surface area contributed by atoms with Gasteiger partial charge in [-0.2, -0.15) is 0 Å². The van der Waals surface area contributed by atoms with Crippen molar-refractivity contribution in [1.29, 1.82) is 0 Å². The van der Waals surface area contributed by atoms with Gasteiger partial charge in [0.15, 0.2) is 11.2 Å². The number of anilines is 6. The highest BCUT2D eigenvalue weighted by Crippen LogP contribution is 2.44. The maximum Gasteiger partial charge on any atom is 0.178 e. The number of furan rings is 2. The number of hydrogen-bond acceptors (Lipinski definition) is 4. The highest BCUT2D eigenvalue weighted by Gasteiger charge is 2.22. The standard InChI is InChI=1S/C58H54N2O2/c1-35-11-18-45(29-37(35)3)59(43-21-14-41(15-22-43)57(5,6)7)47-20-13-39-32-52-51-28-27-50-49-26-25-48(34-54(49)62-55(50)56(51)61-53(52)33-40(39)31-47)60(46-19-12-36(2)38(4)30-46)44-23-16-42(17-24-44)58(8,9)10/h11-34H,1-10H3. The first-order valence-electron chi connectivity index (χ1n) is 21.8. The molecule has 0 aliphatic heterocycles. The van der Waals surface area contributed by atoms with Crippen molar-refractivity contribution in [3.05, 3.63) is 179 Å². The predicted octanol–water partition coefficient (Wildman–Crippen LogP) is 17.4. The lowest BCUT2D eigenvalue weighted by molar-refractivity contribution is 0.590. The van der Waals surface area contributed by atoms with E-state index < -0.39 is 0 Å². The minimum Gasteiger partial charge on any atom is -0.452 e. The fraction of sp³-hybridized carbons (Fsp3) is 0.207. The van der Waals surface area contributed by atoms with E-state index in [9.17, 15) is 0 Å². The van der Waals surface area contributed by atoms with Crippen LogP contribution in [0.5, 0.6) is 0 Å². The van der Waals surface area contributed by atoms with Gasteiger partial charge in [0.2, 0.25) is 0 Å². The number of hydrogen-bond donors (Lipinski definition) is 0. The third-order valence-electron chi connectivity index (χ3n) is 13.0. The smallest absolute Gasteiger partial charge is 0.178 e. The molecule has 0 radical (unpaired) electrons. The highest BCUT2D eigenvalue weighted by atomic mass is 16.4. The van der Waals surface area contributed by atoms with E-state index in [-0.39, 0.29) is 10.8 Å². The van der Waals surface area contributed by atoms with Gasteiger partial charge >= 0.3 is 0 Å². The van der Waals surface area contributed by atoms with Crippen molar-refractivity contribution in [2.75, 3.05) is 9.80 Å². The lowest BCUT2D eigenvalue weighted by atomic mass is 9.87. The van der Waals surface area contributed by atoms with Crippen LogP contribution in [0.4, 0.5) is 34.1 Å². The molecule has 0 saturated carbocycles. The Morgan fingerprint density at radius 1 is 0.323 bits per heavy atom. The summed E-state index contributed by atoms with van der Waals surface area (Å²) in [4.78, 5) is 4.68. The molecule has 308 valence electrons. The number of fused-ring (bicyclic) bond motifs is 8. The first-order valence-corrected chi connectivity index (χ1v) is 21.8. The Balaban J connectivity index is 1.08. The summed E-state index contributed by atoms with van der Waals surface area (Å²) in [6.07, 6.45) is 0. The molecule has 0 unspecified atom stereocenters. The van der Waals surface area contributed by atoms with Crippen LogP contribution in [-0.2, 0) is 10.8 Å². The third-order valence-corrected chi connectivity index (χ3v) is 13.0. The van der Waals surface area contributed by atoms with Gasteiger partial charge in [-0.3, -0.25) is 0 Å². The van der Waals surface area contributed by atoms with Crippen LogP contribution in [0.15, 0.2) is 154 Å². The molecule has 0 spiro atoms. The molecule has 4 heteroatoms. The second kappa shape index (κ2) is 14.4. The van der Waals surface area contributed by atoms with E-state index in [1.807, 2.05) is 0 Å². The first kappa shape index (κ1) is 39.4. The third kappa shape index (κ3) is 6.79. The van der Waals surface area contributed by atoms with Gasteiger partial charge in [-0.15, -0.1) is 0 Å². The summed E-state index contributed by atoms with van der Waals surface area (Å²) in [6, 6.07) is 53.5. The van der Waals surface area contributed by atoms with Crippen molar-refractivity contribution in [3.63, 3.8) is 0 Å². The molecular weight excluding hydrogens is 757 g/mol. The zero-order chi connectivity index (χ0) is 43.2. The fourth-order valence-corrected chi connectivity index (χ4v) is 8.91. The average Bonchev–Trinajstić information content (AvgIpc) is 3.80. The predicted molar refractivity (Wildman–Crippen MR) is 264 cm³/mol. The van der Waals surface area contributed by atoms with E-state index in [0.717, 1.165) is 88.8 Å². The van der Waals surface area contributed by atoms with E-state index in [0.29, 0.717) is 0 Å². The van der Waals surface area contributed by atoms with Gasteiger partial charge in [0.25, 0.3) is 0 Å². The largest absolute Gasteiger partial charge is 0.452 e. The van der Waals surface area contributed by atoms with E-state index >= 15 is 0 Å². The Labute approximate surface area is 365 Å². The van der Waals surface area contributed by atoms with Crippen molar-refractivity contribution in [1.82, 2.24) is 0 Å². The highest BCUT2D eigenvalue weighted by molar-refractivity contribution is 6.20. The molecule has 0 fully saturated rings. The van der Waals surface area contributed by atoms with Crippen LogP contribution in [0.3, 0.4) is 0 Å². The quantitative estimate of drug-likeness (QED) is 0.167. The summed E-state index contributed by atoms with van der Waals surface area (Å²) >= 11 is 0. The zero-order valence-corrected chi connectivity index (χ0v) is 37.6. The number of rotatable bonds is 6. The summed E-state index contributed by atoms with van der Waals surface area (Å²) in [5.41, 5.74) is 17.6. The van der Waals surface area contributed by atoms with Gasteiger partial charge in [-0.1, -0.05) is 84.0 Å². The van der Waals surface area contributed by atoms with Crippen molar-refractivity contribution in [2.24, 2.45) is 0 Å². The molecule has 0 saturated heterocycles. The molecule has 2 aromatic heterocycles. The Kier molecular flexibility index (Phi) is 9.15. The second-order valence-electron chi connectivity index (χ2n) is 19.4. The summed E-state index contributed by atoms with van der Waals surface area (Å²) in [6.45, 7) is 22.2. The summed E-state index contributed by atoms with van der Waals surface area (Å²) in [5.74, 6) is 0. The normalized spacial score (nSPS) is 12.4. The van der Waals surface area contributed by atoms with Crippen molar-refractivity contribution in [3.8, 4) is 0 Å². The molecule has 10 rings (SSSR count). The molecule has 62 heavy (non-hydrogen) atoms. The maximum atomic E-state index is 6.83. The van der Waals surface area contributed by atoms with Crippen LogP contribution in [0.2, 0.25) is 0 Å². The monoisotopic (exact) mass is 810 g/mol. The van der Waals surface area contributed by atoms with Gasteiger partial charge in [0, 0.05) is 61.7 Å². The Morgan fingerprint density at radius 2 is 0.726 bits per heavy atom. The number of benzene rings is 8. The van der Waals surface area contributed by atoms with Crippen LogP contribution in [0, 0.1) is 27.7 Å². The van der Waals surface area contributed by atoms with Crippen molar-refractivity contribution >= 4 is 88.8 Å². The molecule has 0 aliphatic rings. The van der Waals surface area contributed by atoms with E-state index in [2.05, 4.69) is 225 Å². The van der Waals surface area contributed by atoms with Crippen LogP contribution in [0.25, 0.3) is 54.6 Å². The molecule has 0 bridgehead atoms. The first-order chi connectivity index (χ1) is 29.6. The molecule has 0 amide bonds. The van der Waals surface area contributed by atoms with Crippen molar-refractivity contribution in [2.45, 2.75) is 80.1 Å². The average molecular weight is 811 g/mol. The minimum atomic E-state index is 0.0657. The van der Waals surface area contributed by atoms with Crippen LogP contribution >= 0.6 is 0 Å². The minimum absolute atomic E-state index is 0.0657. The van der Waals surface area contributed by atoms with Crippen LogP contribution < -0.4 is 9.80 Å². The fourth-order valence-electron chi connectivity index (χ4n) is 8.91. The van der Waals surface area contributed by atoms with Gasteiger partial charge in [-0.05, 0) is 180 Å². The van der Waals surface area contributed by atoms with E-state index in [1.165, 1.54) is 33.4 Å². The molecule has 0 N–H and O–H groups in total. The van der Waals surface area contributed by atoms with Gasteiger partial charge in [-0.25, -0.2) is 0 Å². The molecule has 0 atom stereocenters. The van der Waals surface area contributed by atoms with E-state index in [4.69, 9.17) is 8.83 Å². The second-order valence-corrected chi connectivity index (χ2v) is 19.4. The van der Waals surface area contributed by atoms with Gasteiger partial charge in [0.05, 0.1) is 0 Å². The Morgan fingerprint density at radius 3 is 1.23 bits per heavy atom. The summed E-state index contributed by atoms with van der Waals surface area (Å²) in [7, 11) is 0.